The molecule has 0 N–H and O–H groups in total. The molecule has 8 fully saturated rings. The Balaban J connectivity index is 1.26. The zero-order valence-electron chi connectivity index (χ0n) is 24.9. The van der Waals surface area contributed by atoms with Crippen molar-refractivity contribution in [1.82, 2.24) is 0 Å². The molecule has 2 aromatic carbocycles. The fraction of sp³-hybridized carbons (Fsp3) is 0.588. The number of benzene rings is 2. The van der Waals surface area contributed by atoms with E-state index in [1.807, 2.05) is 0 Å². The SMILES string of the molecule is CC1(C)[C@@H]2C[C@@H]3OB(/C(=C(\B4O[C@@H]5C[C@@H]6C[C@@H](C6(C)C)[C@]5(C)O4)c4ccccc4)c4ccccc4)O[C@]3(C)[C@@H]1C2. The molecule has 8 atom stereocenters. The first-order valence-corrected chi connectivity index (χ1v) is 15.5. The molecule has 10 rings (SSSR count). The van der Waals surface area contributed by atoms with Gasteiger partial charge in [0.25, 0.3) is 0 Å². The molecule has 2 aliphatic heterocycles. The van der Waals surface area contributed by atoms with Crippen LogP contribution in [0.1, 0.15) is 78.4 Å². The predicted octanol–water partition coefficient (Wildman–Crippen LogP) is 7.13. The maximum atomic E-state index is 7.13. The van der Waals surface area contributed by atoms with Crippen molar-refractivity contribution >= 4 is 25.2 Å². The Morgan fingerprint density at radius 2 is 0.950 bits per heavy atom. The van der Waals surface area contributed by atoms with Crippen molar-refractivity contribution in [3.8, 4) is 0 Å². The first-order valence-electron chi connectivity index (χ1n) is 15.5. The molecule has 2 heterocycles. The van der Waals surface area contributed by atoms with Gasteiger partial charge in [-0.2, -0.15) is 0 Å². The second kappa shape index (κ2) is 8.37. The van der Waals surface area contributed by atoms with E-state index in [0.717, 1.165) is 34.9 Å². The van der Waals surface area contributed by atoms with Gasteiger partial charge in [-0.3, -0.25) is 0 Å². The van der Waals surface area contributed by atoms with Crippen LogP contribution in [-0.4, -0.2) is 37.6 Å². The zero-order chi connectivity index (χ0) is 27.7. The van der Waals surface area contributed by atoms with E-state index in [-0.39, 0.29) is 34.2 Å². The number of hydrogen-bond donors (Lipinski definition) is 0. The van der Waals surface area contributed by atoms with Gasteiger partial charge in [-0.05, 0) is 96.1 Å². The lowest BCUT2D eigenvalue weighted by molar-refractivity contribution is -0.199. The highest BCUT2D eigenvalue weighted by Crippen LogP contribution is 2.67. The van der Waals surface area contributed by atoms with Crippen LogP contribution in [0.2, 0.25) is 0 Å². The van der Waals surface area contributed by atoms with E-state index in [4.69, 9.17) is 18.6 Å². The Morgan fingerprint density at radius 3 is 1.30 bits per heavy atom. The summed E-state index contributed by atoms with van der Waals surface area (Å²) in [7, 11) is -0.953. The predicted molar refractivity (Wildman–Crippen MR) is 160 cm³/mol. The summed E-state index contributed by atoms with van der Waals surface area (Å²) in [6, 6.07) is 21.3. The molecule has 2 saturated heterocycles. The van der Waals surface area contributed by atoms with Crippen molar-refractivity contribution in [1.29, 1.82) is 0 Å². The zero-order valence-corrected chi connectivity index (χ0v) is 24.9. The summed E-state index contributed by atoms with van der Waals surface area (Å²) in [4.78, 5) is 0. The quantitative estimate of drug-likeness (QED) is 0.308. The minimum Gasteiger partial charge on any atom is -0.402 e. The maximum Gasteiger partial charge on any atom is 0.494 e. The normalized spacial score (nSPS) is 42.4. The average Bonchev–Trinajstić information content (AvgIpc) is 3.48. The lowest BCUT2D eigenvalue weighted by Crippen LogP contribution is -2.65. The van der Waals surface area contributed by atoms with Gasteiger partial charge in [-0.15, -0.1) is 0 Å². The molecule has 8 aliphatic rings. The Hall–Kier alpha value is -1.85. The molecule has 40 heavy (non-hydrogen) atoms. The van der Waals surface area contributed by atoms with Gasteiger partial charge in [0.05, 0.1) is 23.4 Å². The van der Waals surface area contributed by atoms with Gasteiger partial charge >= 0.3 is 14.2 Å². The number of rotatable bonds is 4. The van der Waals surface area contributed by atoms with Crippen molar-refractivity contribution < 1.29 is 18.6 Å². The van der Waals surface area contributed by atoms with E-state index in [1.54, 1.807) is 0 Å². The summed E-state index contributed by atoms with van der Waals surface area (Å²) < 4.78 is 28.2. The van der Waals surface area contributed by atoms with Crippen molar-refractivity contribution in [2.24, 2.45) is 34.5 Å². The lowest BCUT2D eigenvalue weighted by Gasteiger charge is -2.64. The minimum atomic E-state index is -0.476. The van der Waals surface area contributed by atoms with Crippen LogP contribution in [0.5, 0.6) is 0 Å². The van der Waals surface area contributed by atoms with Crippen LogP contribution in [0.25, 0.3) is 10.9 Å². The summed E-state index contributed by atoms with van der Waals surface area (Å²) >= 11 is 0. The second-order valence-electron chi connectivity index (χ2n) is 15.2. The lowest BCUT2D eigenvalue weighted by atomic mass is 9.43. The van der Waals surface area contributed by atoms with E-state index >= 15 is 0 Å². The molecular formula is C34H42B2O4. The van der Waals surface area contributed by atoms with E-state index in [2.05, 4.69) is 102 Å². The molecule has 0 aromatic heterocycles. The van der Waals surface area contributed by atoms with Gasteiger partial charge in [-0.1, -0.05) is 88.4 Å². The molecule has 0 unspecified atom stereocenters. The third kappa shape index (κ3) is 3.31. The average molecular weight is 536 g/mol. The summed E-state index contributed by atoms with van der Waals surface area (Å²) in [6.07, 6.45) is 4.80. The Kier molecular flexibility index (Phi) is 5.41. The topological polar surface area (TPSA) is 36.9 Å². The van der Waals surface area contributed by atoms with Crippen LogP contribution in [0.3, 0.4) is 0 Å². The molecule has 0 amide bonds. The highest BCUT2D eigenvalue weighted by molar-refractivity contribution is 6.82. The molecule has 208 valence electrons. The van der Waals surface area contributed by atoms with Crippen molar-refractivity contribution in [3.63, 3.8) is 0 Å². The minimum absolute atomic E-state index is 0.101. The van der Waals surface area contributed by atoms with Crippen LogP contribution in [0, 0.1) is 34.5 Å². The molecule has 4 bridgehead atoms. The van der Waals surface area contributed by atoms with Gasteiger partial charge in [-0.25, -0.2) is 0 Å². The van der Waals surface area contributed by atoms with Gasteiger partial charge in [0.1, 0.15) is 0 Å². The van der Waals surface area contributed by atoms with Crippen LogP contribution < -0.4 is 0 Å². The molecule has 4 nitrogen and oxygen atoms in total. The molecule has 6 aliphatic carbocycles. The Labute approximate surface area is 240 Å². The third-order valence-corrected chi connectivity index (χ3v) is 12.8. The first kappa shape index (κ1) is 25.8. The molecule has 2 aromatic rings. The van der Waals surface area contributed by atoms with E-state index in [0.29, 0.717) is 23.7 Å². The molecule has 0 spiro atoms. The Morgan fingerprint density at radius 1 is 0.575 bits per heavy atom. The standard InChI is InChI=1S/C34H42B2O4/c1-31(2)23-17-25(31)33(5)27(19-23)37-35(39-33)29(21-13-9-7-10-14-21)30(22-15-11-8-12-16-22)36-38-28-20-24-18-26(32(24,3)4)34(28,6)40-36/h7-16,23-28H,17-20H2,1-6H3/b30-29-/t23-,24-,25-,26+,27+,28-,33-,34+/m0/s1. The van der Waals surface area contributed by atoms with Crippen molar-refractivity contribution in [3.05, 3.63) is 71.8 Å². The summed E-state index contributed by atoms with van der Waals surface area (Å²) in [5.41, 5.74) is 4.30. The molecule has 0 radical (unpaired) electrons. The smallest absolute Gasteiger partial charge is 0.402 e. The van der Waals surface area contributed by atoms with Crippen LogP contribution in [0.4, 0.5) is 0 Å². The van der Waals surface area contributed by atoms with Crippen LogP contribution >= 0.6 is 0 Å². The fourth-order valence-corrected chi connectivity index (χ4v) is 10.0. The monoisotopic (exact) mass is 536 g/mol. The second-order valence-corrected chi connectivity index (χ2v) is 15.2. The van der Waals surface area contributed by atoms with Gasteiger partial charge in [0.2, 0.25) is 0 Å². The van der Waals surface area contributed by atoms with Crippen molar-refractivity contribution in [2.75, 3.05) is 0 Å². The van der Waals surface area contributed by atoms with E-state index < -0.39 is 14.2 Å². The highest BCUT2D eigenvalue weighted by atomic mass is 16.7. The van der Waals surface area contributed by atoms with Crippen LogP contribution in [0.15, 0.2) is 60.7 Å². The summed E-state index contributed by atoms with van der Waals surface area (Å²) in [6.45, 7) is 14.3. The summed E-state index contributed by atoms with van der Waals surface area (Å²) in [5.74, 6) is 2.41. The highest BCUT2D eigenvalue weighted by Gasteiger charge is 2.70. The first-order chi connectivity index (χ1) is 19.0. The maximum absolute atomic E-state index is 7.13. The van der Waals surface area contributed by atoms with Gasteiger partial charge < -0.3 is 18.6 Å². The Bertz CT molecular complexity index is 1260. The van der Waals surface area contributed by atoms with Gasteiger partial charge in [0.15, 0.2) is 0 Å². The van der Waals surface area contributed by atoms with Crippen LogP contribution in [-0.2, 0) is 18.6 Å². The molecular weight excluding hydrogens is 494 g/mol. The molecule has 6 heteroatoms. The summed E-state index contributed by atoms with van der Waals surface area (Å²) in [5, 5.41) is 0. The third-order valence-electron chi connectivity index (χ3n) is 12.8. The van der Waals surface area contributed by atoms with Gasteiger partial charge in [0, 0.05) is 0 Å². The molecule has 6 saturated carbocycles. The number of hydrogen-bond acceptors (Lipinski definition) is 4. The van der Waals surface area contributed by atoms with E-state index in [9.17, 15) is 0 Å². The largest absolute Gasteiger partial charge is 0.494 e. The van der Waals surface area contributed by atoms with Crippen molar-refractivity contribution in [2.45, 2.75) is 90.6 Å². The fourth-order valence-electron chi connectivity index (χ4n) is 10.0. The van der Waals surface area contributed by atoms with E-state index in [1.165, 1.54) is 12.8 Å².